The number of carbonyl (C=O) groups is 1. The quantitative estimate of drug-likeness (QED) is 0.328. The van der Waals surface area contributed by atoms with Crippen molar-refractivity contribution in [2.24, 2.45) is 5.92 Å². The minimum Gasteiger partial charge on any atom is -0.550 e. The van der Waals surface area contributed by atoms with Gasteiger partial charge in [0.2, 0.25) is 0 Å². The second-order valence-electron chi connectivity index (χ2n) is 7.71. The van der Waals surface area contributed by atoms with E-state index in [2.05, 4.69) is 29.2 Å². The number of hydrogen-bond donors (Lipinski definition) is 0. The first-order valence-corrected chi connectivity index (χ1v) is 10.9. The summed E-state index contributed by atoms with van der Waals surface area (Å²) in [6.07, 6.45) is 19.6. The van der Waals surface area contributed by atoms with E-state index >= 15 is 0 Å². The van der Waals surface area contributed by atoms with Gasteiger partial charge in [-0.1, -0.05) is 78.6 Å². The number of rotatable bonds is 16. The van der Waals surface area contributed by atoms with E-state index in [0.717, 1.165) is 19.4 Å². The number of imidazole rings is 1. The molecule has 0 bridgehead atoms. The van der Waals surface area contributed by atoms with Crippen molar-refractivity contribution >= 4 is 5.97 Å². The van der Waals surface area contributed by atoms with E-state index in [4.69, 9.17) is 0 Å². The number of nitrogens with zero attached hydrogens (tertiary/aromatic N) is 2. The number of carbonyl (C=O) groups excluding carboxylic acids is 1. The Labute approximate surface area is 160 Å². The van der Waals surface area contributed by atoms with E-state index in [1.807, 2.05) is 6.20 Å². The normalized spacial score (nSPS) is 12.4. The van der Waals surface area contributed by atoms with Gasteiger partial charge in [0.15, 0.2) is 0 Å². The van der Waals surface area contributed by atoms with Gasteiger partial charge in [0.1, 0.15) is 12.4 Å². The summed E-state index contributed by atoms with van der Waals surface area (Å²) in [5, 5.41) is 11.1. The maximum atomic E-state index is 11.1. The van der Waals surface area contributed by atoms with E-state index in [1.54, 1.807) is 6.92 Å². The van der Waals surface area contributed by atoms with Crippen molar-refractivity contribution in [2.45, 2.75) is 111 Å². The zero-order valence-corrected chi connectivity index (χ0v) is 17.3. The zero-order chi connectivity index (χ0) is 19.2. The summed E-state index contributed by atoms with van der Waals surface area (Å²) in [6, 6.07) is 0. The highest BCUT2D eigenvalue weighted by atomic mass is 16.4. The van der Waals surface area contributed by atoms with E-state index in [1.165, 1.54) is 70.0 Å². The van der Waals surface area contributed by atoms with Gasteiger partial charge in [-0.2, -0.15) is 0 Å². The van der Waals surface area contributed by atoms with Crippen molar-refractivity contribution in [3.05, 3.63) is 18.2 Å². The third kappa shape index (κ3) is 8.86. The van der Waals surface area contributed by atoms with Crippen LogP contribution in [0.3, 0.4) is 0 Å². The number of hydrogen-bond acceptors (Lipinski definition) is 2. The number of aliphatic carboxylic acids is 1. The molecule has 1 aromatic heterocycles. The summed E-state index contributed by atoms with van der Waals surface area (Å²) in [6.45, 7) is 7.67. The van der Waals surface area contributed by atoms with E-state index in [-0.39, 0.29) is 0 Å². The molecule has 26 heavy (non-hydrogen) atoms. The molecular weight excluding hydrogens is 324 g/mol. The first kappa shape index (κ1) is 22.7. The summed E-state index contributed by atoms with van der Waals surface area (Å²) in [7, 11) is 0. The Hall–Kier alpha value is -1.32. The number of carboxylic acid groups (broad SMARTS) is 1. The minimum absolute atomic E-state index is 0.455. The zero-order valence-electron chi connectivity index (χ0n) is 17.3. The molecule has 1 rings (SSSR count). The van der Waals surface area contributed by atoms with Crippen LogP contribution in [-0.4, -0.2) is 10.5 Å². The van der Waals surface area contributed by atoms with Crippen LogP contribution in [0, 0.1) is 5.92 Å². The smallest absolute Gasteiger partial charge is 0.256 e. The molecule has 0 aliphatic rings. The summed E-state index contributed by atoms with van der Waals surface area (Å²) in [5.74, 6) is -0.158. The first-order valence-electron chi connectivity index (χ1n) is 10.9. The lowest BCUT2D eigenvalue weighted by atomic mass is 10.1. The molecular formula is C22H40N2O2. The van der Waals surface area contributed by atoms with E-state index < -0.39 is 11.9 Å². The van der Waals surface area contributed by atoms with Crippen LogP contribution in [0.4, 0.5) is 0 Å². The largest absolute Gasteiger partial charge is 0.550 e. The summed E-state index contributed by atoms with van der Waals surface area (Å²) >= 11 is 0. The molecule has 0 aliphatic carbocycles. The molecule has 1 heterocycles. The molecule has 0 fully saturated rings. The lowest BCUT2D eigenvalue weighted by Crippen LogP contribution is -2.45. The van der Waals surface area contributed by atoms with Crippen molar-refractivity contribution in [3.63, 3.8) is 0 Å². The van der Waals surface area contributed by atoms with Gasteiger partial charge in [-0.15, -0.1) is 0 Å². The van der Waals surface area contributed by atoms with Crippen molar-refractivity contribution < 1.29 is 14.5 Å². The summed E-state index contributed by atoms with van der Waals surface area (Å²) in [5.41, 5.74) is 0. The van der Waals surface area contributed by atoms with Crippen LogP contribution in [0.1, 0.15) is 97.2 Å². The number of unbranched alkanes of at least 4 members (excludes halogenated alkanes) is 9. The maximum Gasteiger partial charge on any atom is 0.256 e. The standard InChI is InChI=1S/C22H40N2O2/c1-4-6-7-8-9-10-11-12-13-14-15-21-23(16-5-2)17-18-24(21)19-20(3)22(25)26/h17-18,20H,4-16,19H2,1-3H3. The van der Waals surface area contributed by atoms with Gasteiger partial charge in [0.05, 0.1) is 13.1 Å². The highest BCUT2D eigenvalue weighted by Gasteiger charge is 2.18. The van der Waals surface area contributed by atoms with Gasteiger partial charge < -0.3 is 9.90 Å². The molecule has 4 heteroatoms. The molecule has 0 spiro atoms. The molecule has 0 aliphatic heterocycles. The highest BCUT2D eigenvalue weighted by Crippen LogP contribution is 2.12. The minimum atomic E-state index is -0.967. The lowest BCUT2D eigenvalue weighted by molar-refractivity contribution is -0.708. The third-order valence-electron chi connectivity index (χ3n) is 5.18. The summed E-state index contributed by atoms with van der Waals surface area (Å²) in [4.78, 5) is 11.1. The van der Waals surface area contributed by atoms with Crippen LogP contribution in [0.25, 0.3) is 0 Å². The van der Waals surface area contributed by atoms with Crippen molar-refractivity contribution in [3.8, 4) is 0 Å². The monoisotopic (exact) mass is 364 g/mol. The lowest BCUT2D eigenvalue weighted by Gasteiger charge is -2.11. The van der Waals surface area contributed by atoms with Crippen LogP contribution in [0.2, 0.25) is 0 Å². The first-order chi connectivity index (χ1) is 12.6. The second kappa shape index (κ2) is 13.8. The molecule has 1 unspecified atom stereocenters. The molecule has 0 aromatic carbocycles. The molecule has 1 aromatic rings. The van der Waals surface area contributed by atoms with Crippen LogP contribution < -0.4 is 9.67 Å². The Kier molecular flexibility index (Phi) is 12.1. The fraction of sp³-hybridized carbons (Fsp3) is 0.818. The average Bonchev–Trinajstić information content (AvgIpc) is 2.98. The van der Waals surface area contributed by atoms with Gasteiger partial charge >= 0.3 is 0 Å². The van der Waals surface area contributed by atoms with Gasteiger partial charge in [-0.3, -0.25) is 0 Å². The van der Waals surface area contributed by atoms with Crippen LogP contribution >= 0.6 is 0 Å². The molecule has 0 N–H and O–H groups in total. The van der Waals surface area contributed by atoms with Crippen molar-refractivity contribution in [1.82, 2.24) is 4.57 Å². The predicted molar refractivity (Wildman–Crippen MR) is 105 cm³/mol. The Morgan fingerprint density at radius 2 is 1.58 bits per heavy atom. The fourth-order valence-electron chi connectivity index (χ4n) is 3.54. The maximum absolute atomic E-state index is 11.1. The molecule has 4 nitrogen and oxygen atoms in total. The SMILES string of the molecule is CCCCCCCCCCCCc1n(CCC)cc[n+]1CC(C)C(=O)[O-]. The predicted octanol–water partition coefficient (Wildman–Crippen LogP) is 4.04. The average molecular weight is 365 g/mol. The number of aryl methyl sites for hydroxylation is 1. The van der Waals surface area contributed by atoms with Crippen molar-refractivity contribution in [2.75, 3.05) is 0 Å². The van der Waals surface area contributed by atoms with Crippen LogP contribution in [0.5, 0.6) is 0 Å². The van der Waals surface area contributed by atoms with Gasteiger partial charge in [-0.05, 0) is 12.8 Å². The molecule has 0 saturated heterocycles. The van der Waals surface area contributed by atoms with Gasteiger partial charge in [0.25, 0.3) is 5.82 Å². The Bertz CT molecular complexity index is 496. The Morgan fingerprint density at radius 1 is 1.00 bits per heavy atom. The van der Waals surface area contributed by atoms with Gasteiger partial charge in [-0.25, -0.2) is 9.13 Å². The molecule has 0 amide bonds. The number of carboxylic acids is 1. The highest BCUT2D eigenvalue weighted by molar-refractivity contribution is 5.66. The van der Waals surface area contributed by atoms with Crippen LogP contribution in [-0.2, 0) is 24.3 Å². The molecule has 0 radical (unpaired) electrons. The molecule has 150 valence electrons. The second-order valence-corrected chi connectivity index (χ2v) is 7.71. The van der Waals surface area contributed by atoms with E-state index in [0.29, 0.717) is 6.54 Å². The van der Waals surface area contributed by atoms with Crippen LogP contribution in [0.15, 0.2) is 12.4 Å². The van der Waals surface area contributed by atoms with E-state index in [9.17, 15) is 9.90 Å². The van der Waals surface area contributed by atoms with Crippen molar-refractivity contribution in [1.29, 1.82) is 0 Å². The summed E-state index contributed by atoms with van der Waals surface area (Å²) < 4.78 is 4.40. The topological polar surface area (TPSA) is 48.9 Å². The Morgan fingerprint density at radius 3 is 2.12 bits per heavy atom. The molecule has 0 saturated carbocycles. The Balaban J connectivity index is 2.33. The number of aromatic nitrogens is 2. The third-order valence-corrected chi connectivity index (χ3v) is 5.18. The molecule has 1 atom stereocenters. The fourth-order valence-corrected chi connectivity index (χ4v) is 3.54. The van der Waals surface area contributed by atoms with Gasteiger partial charge in [0, 0.05) is 18.3 Å².